The molecule has 0 aliphatic carbocycles. The van der Waals surface area contributed by atoms with Gasteiger partial charge in [-0.05, 0) is 24.3 Å². The normalized spacial score (nSPS) is 14.5. The Balaban J connectivity index is 1.45. The number of amides is 1. The van der Waals surface area contributed by atoms with Crippen LogP contribution in [0.25, 0.3) is 5.82 Å². The van der Waals surface area contributed by atoms with Crippen LogP contribution >= 0.6 is 11.6 Å². The number of carbonyl (C=O) groups excluding carboxylic acids is 1. The number of anilines is 1. The zero-order valence-electron chi connectivity index (χ0n) is 14.1. The van der Waals surface area contributed by atoms with Crippen molar-refractivity contribution < 1.29 is 4.79 Å². The lowest BCUT2D eigenvalue weighted by Crippen LogP contribution is -2.49. The van der Waals surface area contributed by atoms with Crippen molar-refractivity contribution in [3.8, 4) is 5.82 Å². The van der Waals surface area contributed by atoms with E-state index in [1.54, 1.807) is 18.5 Å². The average Bonchev–Trinajstić information content (AvgIpc) is 3.23. The summed E-state index contributed by atoms with van der Waals surface area (Å²) in [6.45, 7) is 2.70. The Kier molecular flexibility index (Phi) is 4.58. The van der Waals surface area contributed by atoms with Gasteiger partial charge in [0.1, 0.15) is 18.0 Å². The van der Waals surface area contributed by atoms with Crippen LogP contribution in [0.5, 0.6) is 0 Å². The largest absolute Gasteiger partial charge is 0.353 e. The highest BCUT2D eigenvalue weighted by atomic mass is 35.5. The van der Waals surface area contributed by atoms with Crippen molar-refractivity contribution in [1.82, 2.24) is 19.4 Å². The molecule has 26 heavy (non-hydrogen) atoms. The number of aromatic nitrogens is 3. The molecule has 3 aromatic rings. The smallest absolute Gasteiger partial charge is 0.255 e. The maximum atomic E-state index is 12.7. The van der Waals surface area contributed by atoms with E-state index in [9.17, 15) is 4.79 Å². The molecule has 1 amide bonds. The van der Waals surface area contributed by atoms with Gasteiger partial charge in [-0.15, -0.1) is 0 Å². The molecule has 1 aliphatic heterocycles. The third kappa shape index (κ3) is 3.28. The molecule has 0 saturated carbocycles. The monoisotopic (exact) mass is 367 g/mol. The van der Waals surface area contributed by atoms with Gasteiger partial charge in [-0.2, -0.15) is 0 Å². The van der Waals surface area contributed by atoms with Crippen LogP contribution in [0.1, 0.15) is 10.4 Å². The quantitative estimate of drug-likeness (QED) is 0.714. The average molecular weight is 368 g/mol. The highest BCUT2D eigenvalue weighted by Gasteiger charge is 2.24. The molecule has 132 valence electrons. The molecule has 6 nitrogen and oxygen atoms in total. The highest BCUT2D eigenvalue weighted by Crippen LogP contribution is 2.20. The molecule has 2 aromatic heterocycles. The van der Waals surface area contributed by atoms with Crippen molar-refractivity contribution in [2.24, 2.45) is 0 Å². The lowest BCUT2D eigenvalue weighted by molar-refractivity contribution is 0.0746. The minimum absolute atomic E-state index is 0.0223. The summed E-state index contributed by atoms with van der Waals surface area (Å²) in [7, 11) is 0. The van der Waals surface area contributed by atoms with E-state index >= 15 is 0 Å². The van der Waals surface area contributed by atoms with Crippen molar-refractivity contribution in [3.63, 3.8) is 0 Å². The lowest BCUT2D eigenvalue weighted by Gasteiger charge is -2.35. The first-order chi connectivity index (χ1) is 12.7. The molecule has 0 atom stereocenters. The topological polar surface area (TPSA) is 54.3 Å². The third-order valence-corrected chi connectivity index (χ3v) is 4.83. The van der Waals surface area contributed by atoms with Crippen LogP contribution in [0.3, 0.4) is 0 Å². The van der Waals surface area contributed by atoms with Crippen LogP contribution in [-0.4, -0.2) is 51.5 Å². The Morgan fingerprint density at radius 3 is 2.35 bits per heavy atom. The second-order valence-electron chi connectivity index (χ2n) is 6.08. The number of benzene rings is 1. The predicted molar refractivity (Wildman–Crippen MR) is 101 cm³/mol. The fraction of sp³-hybridized carbons (Fsp3) is 0.211. The summed E-state index contributed by atoms with van der Waals surface area (Å²) in [6, 6.07) is 13.1. The molecule has 7 heteroatoms. The van der Waals surface area contributed by atoms with Gasteiger partial charge in [-0.25, -0.2) is 9.97 Å². The Morgan fingerprint density at radius 1 is 0.923 bits per heavy atom. The van der Waals surface area contributed by atoms with Gasteiger partial charge < -0.3 is 14.4 Å². The molecule has 1 aromatic carbocycles. The van der Waals surface area contributed by atoms with E-state index in [2.05, 4.69) is 14.9 Å². The van der Waals surface area contributed by atoms with Crippen LogP contribution < -0.4 is 4.90 Å². The summed E-state index contributed by atoms with van der Waals surface area (Å²) in [6.07, 6.45) is 5.48. The molecule has 0 radical (unpaired) electrons. The van der Waals surface area contributed by atoms with Gasteiger partial charge in [0, 0.05) is 44.6 Å². The Morgan fingerprint density at radius 2 is 1.62 bits per heavy atom. The predicted octanol–water partition coefficient (Wildman–Crippen LogP) is 2.88. The molecule has 1 saturated heterocycles. The summed E-state index contributed by atoms with van der Waals surface area (Å²) in [5, 5.41) is 0.493. The van der Waals surface area contributed by atoms with Gasteiger partial charge in [0.05, 0.1) is 10.6 Å². The number of hydrogen-bond donors (Lipinski definition) is 0. The molecular formula is C19H18ClN5O. The fourth-order valence-corrected chi connectivity index (χ4v) is 3.30. The molecule has 1 aliphatic rings. The molecule has 1 fully saturated rings. The fourth-order valence-electron chi connectivity index (χ4n) is 3.08. The standard InChI is InChI=1S/C19H18ClN5O/c20-16-6-2-1-5-15(16)19(26)25-11-9-24(10-12-25)18-13-17(21-14-22-18)23-7-3-4-8-23/h1-8,13-14H,9-12H2. The molecule has 0 unspecified atom stereocenters. The van der Waals surface area contributed by atoms with Gasteiger partial charge >= 0.3 is 0 Å². The molecule has 0 N–H and O–H groups in total. The van der Waals surface area contributed by atoms with E-state index < -0.39 is 0 Å². The number of nitrogens with zero attached hydrogens (tertiary/aromatic N) is 5. The van der Waals surface area contributed by atoms with Crippen LogP contribution in [0, 0.1) is 0 Å². The lowest BCUT2D eigenvalue weighted by atomic mass is 10.2. The second-order valence-corrected chi connectivity index (χ2v) is 6.49. The number of carbonyl (C=O) groups is 1. The number of rotatable bonds is 3. The Bertz CT molecular complexity index is 904. The first-order valence-electron chi connectivity index (χ1n) is 8.46. The summed E-state index contributed by atoms with van der Waals surface area (Å²) in [5.74, 6) is 1.68. The van der Waals surface area contributed by atoms with Crippen LogP contribution in [0.4, 0.5) is 5.82 Å². The van der Waals surface area contributed by atoms with Crippen molar-refractivity contribution >= 4 is 23.3 Å². The summed E-state index contributed by atoms with van der Waals surface area (Å²) < 4.78 is 1.95. The first kappa shape index (κ1) is 16.6. The van der Waals surface area contributed by atoms with Gasteiger partial charge in [0.15, 0.2) is 0 Å². The first-order valence-corrected chi connectivity index (χ1v) is 8.84. The summed E-state index contributed by atoms with van der Waals surface area (Å²) in [5.41, 5.74) is 0.555. The van der Waals surface area contributed by atoms with Gasteiger partial charge in [-0.3, -0.25) is 4.79 Å². The zero-order chi connectivity index (χ0) is 17.9. The number of halogens is 1. The van der Waals surface area contributed by atoms with E-state index in [0.29, 0.717) is 23.7 Å². The molecule has 3 heterocycles. The van der Waals surface area contributed by atoms with Crippen LogP contribution in [-0.2, 0) is 0 Å². The van der Waals surface area contributed by atoms with Gasteiger partial charge in [-0.1, -0.05) is 23.7 Å². The van der Waals surface area contributed by atoms with Gasteiger partial charge in [0.25, 0.3) is 5.91 Å². The Hall–Kier alpha value is -2.86. The molecule has 0 spiro atoms. The van der Waals surface area contributed by atoms with Crippen molar-refractivity contribution in [3.05, 3.63) is 71.8 Å². The van der Waals surface area contributed by atoms with Crippen molar-refractivity contribution in [2.45, 2.75) is 0 Å². The van der Waals surface area contributed by atoms with E-state index in [4.69, 9.17) is 11.6 Å². The molecular weight excluding hydrogens is 350 g/mol. The maximum absolute atomic E-state index is 12.7. The number of piperazine rings is 1. The van der Waals surface area contributed by atoms with E-state index in [0.717, 1.165) is 24.7 Å². The minimum Gasteiger partial charge on any atom is -0.353 e. The second kappa shape index (κ2) is 7.17. The van der Waals surface area contributed by atoms with Crippen LogP contribution in [0.15, 0.2) is 61.2 Å². The number of hydrogen-bond acceptors (Lipinski definition) is 4. The third-order valence-electron chi connectivity index (χ3n) is 4.50. The van der Waals surface area contributed by atoms with Gasteiger partial charge in [0.2, 0.25) is 0 Å². The van der Waals surface area contributed by atoms with E-state index in [1.807, 2.05) is 52.2 Å². The minimum atomic E-state index is -0.0223. The SMILES string of the molecule is O=C(c1ccccc1Cl)N1CCN(c2cc(-n3cccc3)ncn2)CC1. The van der Waals surface area contributed by atoms with E-state index in [1.165, 1.54) is 0 Å². The molecule has 4 rings (SSSR count). The van der Waals surface area contributed by atoms with Crippen molar-refractivity contribution in [1.29, 1.82) is 0 Å². The zero-order valence-corrected chi connectivity index (χ0v) is 14.9. The van der Waals surface area contributed by atoms with Crippen LogP contribution in [0.2, 0.25) is 5.02 Å². The Labute approximate surface area is 156 Å². The van der Waals surface area contributed by atoms with Crippen molar-refractivity contribution in [2.75, 3.05) is 31.1 Å². The van der Waals surface area contributed by atoms with E-state index in [-0.39, 0.29) is 5.91 Å². The summed E-state index contributed by atoms with van der Waals surface area (Å²) >= 11 is 6.15. The summed E-state index contributed by atoms with van der Waals surface area (Å²) in [4.78, 5) is 25.4. The highest BCUT2D eigenvalue weighted by molar-refractivity contribution is 6.33. The molecule has 0 bridgehead atoms. The maximum Gasteiger partial charge on any atom is 0.255 e.